The zero-order chi connectivity index (χ0) is 30.0. The van der Waals surface area contributed by atoms with E-state index in [4.69, 9.17) is 0 Å². The third-order valence-electron chi connectivity index (χ3n) is 6.41. The van der Waals surface area contributed by atoms with Gasteiger partial charge < -0.3 is 10.1 Å². The molecule has 0 unspecified atom stereocenters. The van der Waals surface area contributed by atoms with E-state index in [0.29, 0.717) is 10.9 Å². The van der Waals surface area contributed by atoms with Crippen LogP contribution in [0.1, 0.15) is 15.9 Å². The highest BCUT2D eigenvalue weighted by Gasteiger charge is 2.42. The fourth-order valence-corrected chi connectivity index (χ4v) is 4.38. The Morgan fingerprint density at radius 1 is 0.786 bits per heavy atom. The first-order valence-electron chi connectivity index (χ1n) is 13.4. The van der Waals surface area contributed by atoms with Crippen molar-refractivity contribution in [1.29, 1.82) is 0 Å². The van der Waals surface area contributed by atoms with Crippen LogP contribution in [0.4, 0.5) is 13.2 Å². The monoisotopic (exact) mass is 565 g/mol. The summed E-state index contributed by atoms with van der Waals surface area (Å²) in [6.45, 7) is -0.804. The molecule has 1 N–H and O–H groups in total. The number of carbonyl (C=O) groups excluding carboxylic acids is 1. The van der Waals surface area contributed by atoms with Crippen LogP contribution in [0.5, 0.6) is 0 Å². The van der Waals surface area contributed by atoms with Crippen molar-refractivity contribution in [3.05, 3.63) is 156 Å². The van der Waals surface area contributed by atoms with Gasteiger partial charge in [0.1, 0.15) is 5.70 Å². The molecule has 0 saturated carbocycles. The number of benzene rings is 4. The number of nitrogens with zero attached hydrogens (tertiary/aromatic N) is 2. The maximum atomic E-state index is 15.2. The van der Waals surface area contributed by atoms with Crippen molar-refractivity contribution in [3.8, 4) is 0 Å². The lowest BCUT2D eigenvalue weighted by Gasteiger charge is -2.24. The molecule has 212 valence electrons. The molecule has 0 spiro atoms. The van der Waals surface area contributed by atoms with Crippen LogP contribution in [0.25, 0.3) is 0 Å². The van der Waals surface area contributed by atoms with Crippen LogP contribution < -0.4 is 16.2 Å². The summed E-state index contributed by atoms with van der Waals surface area (Å²) in [4.78, 5) is 20.3. The Bertz CT molecular complexity index is 1500. The zero-order valence-electron chi connectivity index (χ0n) is 23.4. The maximum absolute atomic E-state index is 15.2. The summed E-state index contributed by atoms with van der Waals surface area (Å²) < 4.78 is 45.6. The lowest BCUT2D eigenvalue weighted by Crippen LogP contribution is -2.56. The van der Waals surface area contributed by atoms with E-state index >= 15 is 13.2 Å². The molecule has 0 fully saturated rings. The number of nitrogens with one attached hydrogen (secondary N) is 1. The van der Waals surface area contributed by atoms with Gasteiger partial charge in [-0.2, -0.15) is 13.2 Å². The molecule has 42 heavy (non-hydrogen) atoms. The predicted molar refractivity (Wildman–Crippen MR) is 165 cm³/mol. The highest BCUT2D eigenvalue weighted by molar-refractivity contribution is 6.83. The van der Waals surface area contributed by atoms with E-state index in [2.05, 4.69) is 10.2 Å². The SMILES string of the molecule is CN(C)C=CC(=NCc1ccccc1)C(C(=O)c1ccccc1)=C(NB(c1ccccc1)c1ccccc1)C(F)(F)F. The van der Waals surface area contributed by atoms with Crippen LogP contribution in [0.15, 0.2) is 150 Å². The van der Waals surface area contributed by atoms with Crippen LogP contribution >= 0.6 is 0 Å². The highest BCUT2D eigenvalue weighted by Crippen LogP contribution is 2.29. The Balaban J connectivity index is 1.98. The minimum absolute atomic E-state index is 0.0823. The number of halogens is 3. The van der Waals surface area contributed by atoms with Crippen LogP contribution in [-0.2, 0) is 6.54 Å². The Hall–Kier alpha value is -4.85. The Labute approximate surface area is 245 Å². The molecule has 0 heterocycles. The van der Waals surface area contributed by atoms with Gasteiger partial charge >= 0.3 is 13.0 Å². The summed E-state index contributed by atoms with van der Waals surface area (Å²) in [7, 11) is 3.49. The van der Waals surface area contributed by atoms with Gasteiger partial charge in [-0.3, -0.25) is 9.79 Å². The standard InChI is InChI=1S/C34H31BF3N3O/c1-41(2)24-23-30(39-25-26-15-7-3-8-16-26)31(32(42)27-17-9-4-10-18-27)33(34(36,37)38)40-35(28-19-11-5-12-20-28)29-21-13-6-14-22-29/h3-24,40H,25H2,1-2H3. The topological polar surface area (TPSA) is 44.7 Å². The molecule has 0 atom stereocenters. The van der Waals surface area contributed by atoms with Gasteiger partial charge in [-0.25, -0.2) is 0 Å². The molecule has 0 aliphatic carbocycles. The van der Waals surface area contributed by atoms with E-state index < -0.39 is 30.1 Å². The van der Waals surface area contributed by atoms with Crippen LogP contribution in [-0.4, -0.2) is 43.5 Å². The second-order valence-electron chi connectivity index (χ2n) is 9.81. The molecular weight excluding hydrogens is 534 g/mol. The average Bonchev–Trinajstić information content (AvgIpc) is 3.00. The summed E-state index contributed by atoms with van der Waals surface area (Å²) >= 11 is 0. The first kappa shape index (κ1) is 30.1. The first-order valence-corrected chi connectivity index (χ1v) is 13.4. The molecule has 4 rings (SSSR count). The average molecular weight is 565 g/mol. The van der Waals surface area contributed by atoms with Crippen molar-refractivity contribution in [2.75, 3.05) is 14.1 Å². The molecule has 0 amide bonds. The lowest BCUT2D eigenvalue weighted by molar-refractivity contribution is -0.0950. The number of alkyl halides is 3. The number of allylic oxidation sites excluding steroid dienone is 3. The highest BCUT2D eigenvalue weighted by atomic mass is 19.4. The minimum atomic E-state index is -4.92. The van der Waals surface area contributed by atoms with Crippen molar-refractivity contribution < 1.29 is 18.0 Å². The number of ketones is 1. The molecular formula is C34H31BF3N3O. The molecule has 4 aromatic carbocycles. The number of Topliss-reactive ketones (excluding diaryl/α,β-unsaturated/α-hetero) is 1. The van der Waals surface area contributed by atoms with E-state index in [1.54, 1.807) is 104 Å². The van der Waals surface area contributed by atoms with E-state index in [1.807, 2.05) is 30.3 Å². The first-order chi connectivity index (χ1) is 20.2. The molecule has 0 saturated heterocycles. The molecule has 8 heteroatoms. The largest absolute Gasteiger partial charge is 0.430 e. The van der Waals surface area contributed by atoms with Gasteiger partial charge in [-0.15, -0.1) is 0 Å². The molecule has 4 aromatic rings. The van der Waals surface area contributed by atoms with Gasteiger partial charge in [0.2, 0.25) is 0 Å². The lowest BCUT2D eigenvalue weighted by atomic mass is 9.50. The van der Waals surface area contributed by atoms with E-state index in [9.17, 15) is 4.79 Å². The second-order valence-corrected chi connectivity index (χ2v) is 9.81. The molecule has 4 nitrogen and oxygen atoms in total. The second kappa shape index (κ2) is 14.2. The smallest absolute Gasteiger partial charge is 0.415 e. The molecule has 0 radical (unpaired) electrons. The number of hydrogen-bond acceptors (Lipinski definition) is 4. The Kier molecular flexibility index (Phi) is 10.2. The minimum Gasteiger partial charge on any atom is -0.415 e. The summed E-state index contributed by atoms with van der Waals surface area (Å²) in [6, 6.07) is 34.9. The number of aliphatic imine (C=N–C) groups is 1. The van der Waals surface area contributed by atoms with Crippen molar-refractivity contribution in [2.24, 2.45) is 4.99 Å². The number of carbonyl (C=O) groups is 1. The quantitative estimate of drug-likeness (QED) is 0.108. The van der Waals surface area contributed by atoms with Crippen molar-refractivity contribution >= 4 is 29.3 Å². The molecule has 0 aliphatic rings. The third kappa shape index (κ3) is 8.10. The molecule has 0 bridgehead atoms. The summed E-state index contributed by atoms with van der Waals surface area (Å²) in [6.07, 6.45) is -1.88. The van der Waals surface area contributed by atoms with Crippen molar-refractivity contribution in [1.82, 2.24) is 10.1 Å². The Morgan fingerprint density at radius 3 is 1.74 bits per heavy atom. The van der Waals surface area contributed by atoms with Crippen LogP contribution in [0.2, 0.25) is 0 Å². The molecule has 0 aromatic heterocycles. The summed E-state index contributed by atoms with van der Waals surface area (Å²) in [5, 5.41) is 2.75. The number of rotatable bonds is 11. The van der Waals surface area contributed by atoms with E-state index in [-0.39, 0.29) is 17.8 Å². The van der Waals surface area contributed by atoms with Gasteiger partial charge in [0.05, 0.1) is 17.8 Å². The maximum Gasteiger partial charge on any atom is 0.430 e. The van der Waals surface area contributed by atoms with Crippen molar-refractivity contribution in [3.63, 3.8) is 0 Å². The van der Waals surface area contributed by atoms with Gasteiger partial charge in [-0.1, -0.05) is 132 Å². The number of hydrogen-bond donors (Lipinski definition) is 1. The molecule has 0 aliphatic heterocycles. The fraction of sp³-hybridized carbons (Fsp3) is 0.118. The third-order valence-corrected chi connectivity index (χ3v) is 6.41. The van der Waals surface area contributed by atoms with E-state index in [0.717, 1.165) is 5.56 Å². The fourth-order valence-electron chi connectivity index (χ4n) is 4.38. The van der Waals surface area contributed by atoms with Gasteiger partial charge in [0.25, 0.3) is 0 Å². The van der Waals surface area contributed by atoms with Gasteiger partial charge in [0, 0.05) is 25.9 Å². The summed E-state index contributed by atoms with van der Waals surface area (Å²) in [5.74, 6) is -0.787. The Morgan fingerprint density at radius 2 is 1.26 bits per heavy atom. The zero-order valence-corrected chi connectivity index (χ0v) is 23.4. The van der Waals surface area contributed by atoms with Crippen molar-refractivity contribution in [2.45, 2.75) is 12.7 Å². The summed E-state index contributed by atoms with van der Waals surface area (Å²) in [5.41, 5.74) is 0.350. The van der Waals surface area contributed by atoms with Crippen LogP contribution in [0, 0.1) is 0 Å². The van der Waals surface area contributed by atoms with Gasteiger partial charge in [0.15, 0.2) is 5.78 Å². The van der Waals surface area contributed by atoms with Gasteiger partial charge in [-0.05, 0) is 11.6 Å². The van der Waals surface area contributed by atoms with E-state index in [1.165, 1.54) is 18.2 Å². The normalized spacial score (nSPS) is 12.5. The predicted octanol–water partition coefficient (Wildman–Crippen LogP) is 5.80. The van der Waals surface area contributed by atoms with Crippen LogP contribution in [0.3, 0.4) is 0 Å².